The Balaban J connectivity index is 2.69. The van der Waals surface area contributed by atoms with Crippen LogP contribution in [0.2, 0.25) is 0 Å². The van der Waals surface area contributed by atoms with Crippen molar-refractivity contribution in [1.82, 2.24) is 0 Å². The number of hydrogen-bond donors (Lipinski definition) is 1. The van der Waals surface area contributed by atoms with Crippen molar-refractivity contribution in [2.75, 3.05) is 6.26 Å². The van der Waals surface area contributed by atoms with E-state index in [1.54, 1.807) is 11.8 Å². The summed E-state index contributed by atoms with van der Waals surface area (Å²) in [5, 5.41) is 3.63. The van der Waals surface area contributed by atoms with Crippen LogP contribution in [-0.4, -0.2) is 6.26 Å². The van der Waals surface area contributed by atoms with Crippen LogP contribution in [0, 0.1) is 0 Å². The minimum Gasteiger partial charge on any atom is -0.143 e. The first kappa shape index (κ1) is 10.4. The average Bonchev–Trinajstić information content (AvgIpc) is 2.58. The van der Waals surface area contributed by atoms with Gasteiger partial charge in [0.25, 0.3) is 0 Å². The third-order valence-electron chi connectivity index (χ3n) is 2.34. The van der Waals surface area contributed by atoms with Gasteiger partial charge in [0.05, 0.1) is 0 Å². The Morgan fingerprint density at radius 1 is 1.43 bits per heavy atom. The van der Waals surface area contributed by atoms with Crippen molar-refractivity contribution in [2.45, 2.75) is 23.1 Å². The summed E-state index contributed by atoms with van der Waals surface area (Å²) in [5.41, 5.74) is 1.44. The van der Waals surface area contributed by atoms with Crippen LogP contribution in [0.15, 0.2) is 27.3 Å². The molecule has 0 radical (unpaired) electrons. The monoisotopic (exact) mass is 240 g/mol. The van der Waals surface area contributed by atoms with E-state index in [-0.39, 0.29) is 0 Å². The lowest BCUT2D eigenvalue weighted by atomic mass is 10.1. The number of rotatable bonds is 2. The van der Waals surface area contributed by atoms with Crippen molar-refractivity contribution in [3.05, 3.63) is 23.1 Å². The quantitative estimate of drug-likeness (QED) is 0.597. The van der Waals surface area contributed by atoms with Gasteiger partial charge in [0.1, 0.15) is 0 Å². The first-order valence-corrected chi connectivity index (χ1v) is 7.08. The normalized spacial score (nSPS) is 11.1. The number of thiophene rings is 1. The number of thioether (sulfide) groups is 1. The molecule has 1 heterocycles. The molecule has 1 aromatic carbocycles. The molecule has 0 N–H and O–H groups in total. The zero-order valence-corrected chi connectivity index (χ0v) is 10.7. The Hall–Kier alpha value is -0.120. The topological polar surface area (TPSA) is 0 Å². The smallest absolute Gasteiger partial charge is 0.0357 e. The molecule has 0 saturated heterocycles. The molecule has 2 rings (SSSR count). The molecule has 0 spiro atoms. The molecule has 0 amide bonds. The first-order chi connectivity index (χ1) is 6.76. The van der Waals surface area contributed by atoms with Gasteiger partial charge in [-0.1, -0.05) is 6.92 Å². The van der Waals surface area contributed by atoms with Crippen LogP contribution in [0.25, 0.3) is 10.1 Å². The van der Waals surface area contributed by atoms with Crippen molar-refractivity contribution in [2.24, 2.45) is 0 Å². The maximum atomic E-state index is 4.50. The van der Waals surface area contributed by atoms with Gasteiger partial charge in [-0.05, 0) is 41.1 Å². The van der Waals surface area contributed by atoms with Crippen LogP contribution in [0.3, 0.4) is 0 Å². The molecular weight excluding hydrogens is 228 g/mol. The van der Waals surface area contributed by atoms with Gasteiger partial charge in [-0.3, -0.25) is 0 Å². The second kappa shape index (κ2) is 4.17. The maximum absolute atomic E-state index is 4.50. The summed E-state index contributed by atoms with van der Waals surface area (Å²) in [6.45, 7) is 2.20. The molecule has 3 heteroatoms. The van der Waals surface area contributed by atoms with Gasteiger partial charge in [0.2, 0.25) is 0 Å². The molecule has 0 saturated carbocycles. The van der Waals surface area contributed by atoms with Gasteiger partial charge < -0.3 is 0 Å². The van der Waals surface area contributed by atoms with Crippen LogP contribution < -0.4 is 0 Å². The van der Waals surface area contributed by atoms with E-state index in [4.69, 9.17) is 0 Å². The average molecular weight is 240 g/mol. The fourth-order valence-corrected chi connectivity index (χ4v) is 3.65. The van der Waals surface area contributed by atoms with E-state index >= 15 is 0 Å². The summed E-state index contributed by atoms with van der Waals surface area (Å²) >= 11 is 8.09. The minimum absolute atomic E-state index is 1.10. The summed E-state index contributed by atoms with van der Waals surface area (Å²) in [6.07, 6.45) is 3.20. The number of fused-ring (bicyclic) bond motifs is 1. The highest BCUT2D eigenvalue weighted by atomic mass is 32.2. The van der Waals surface area contributed by atoms with E-state index in [1.807, 2.05) is 11.3 Å². The van der Waals surface area contributed by atoms with Crippen LogP contribution >= 0.6 is 35.7 Å². The molecule has 2 aromatic rings. The summed E-state index contributed by atoms with van der Waals surface area (Å²) in [6, 6.07) is 4.44. The van der Waals surface area contributed by atoms with Gasteiger partial charge in [-0.2, -0.15) is 0 Å². The minimum atomic E-state index is 1.10. The van der Waals surface area contributed by atoms with Crippen molar-refractivity contribution >= 4 is 45.8 Å². The van der Waals surface area contributed by atoms with Gasteiger partial charge >= 0.3 is 0 Å². The molecule has 74 valence electrons. The van der Waals surface area contributed by atoms with E-state index in [0.717, 1.165) is 11.3 Å². The molecule has 0 nitrogen and oxygen atoms in total. The Labute approximate surface area is 98.1 Å². The molecule has 0 atom stereocenters. The lowest BCUT2D eigenvalue weighted by Crippen LogP contribution is -1.78. The van der Waals surface area contributed by atoms with E-state index in [0.29, 0.717) is 0 Å². The zero-order valence-electron chi connectivity index (χ0n) is 8.20. The summed E-state index contributed by atoms with van der Waals surface area (Å²) in [7, 11) is 0. The van der Waals surface area contributed by atoms with Crippen LogP contribution in [0.4, 0.5) is 0 Å². The molecule has 0 aliphatic heterocycles. The van der Waals surface area contributed by atoms with Crippen molar-refractivity contribution < 1.29 is 0 Å². The lowest BCUT2D eigenvalue weighted by Gasteiger charge is -2.02. The fraction of sp³-hybridized carbons (Fsp3) is 0.273. The van der Waals surface area contributed by atoms with E-state index < -0.39 is 0 Å². The van der Waals surface area contributed by atoms with Gasteiger partial charge in [0.15, 0.2) is 0 Å². The molecule has 14 heavy (non-hydrogen) atoms. The van der Waals surface area contributed by atoms with Crippen LogP contribution in [0.1, 0.15) is 12.5 Å². The highest BCUT2D eigenvalue weighted by molar-refractivity contribution is 7.99. The predicted octanol–water partition coefficient (Wildman–Crippen LogP) is 4.47. The zero-order chi connectivity index (χ0) is 10.1. The molecule has 0 unspecified atom stereocenters. The summed E-state index contributed by atoms with van der Waals surface area (Å²) < 4.78 is 1.38. The summed E-state index contributed by atoms with van der Waals surface area (Å²) in [5.74, 6) is 0. The Morgan fingerprint density at radius 2 is 2.21 bits per heavy atom. The number of hydrogen-bond acceptors (Lipinski definition) is 3. The molecule has 0 aliphatic rings. The van der Waals surface area contributed by atoms with Crippen molar-refractivity contribution in [3.8, 4) is 0 Å². The third kappa shape index (κ3) is 1.69. The van der Waals surface area contributed by atoms with Crippen LogP contribution in [-0.2, 0) is 6.42 Å². The highest BCUT2D eigenvalue weighted by Gasteiger charge is 2.06. The Kier molecular flexibility index (Phi) is 3.10. The van der Waals surface area contributed by atoms with Gasteiger partial charge in [-0.25, -0.2) is 0 Å². The lowest BCUT2D eigenvalue weighted by molar-refractivity contribution is 1.17. The first-order valence-electron chi connectivity index (χ1n) is 4.53. The summed E-state index contributed by atoms with van der Waals surface area (Å²) in [4.78, 5) is 2.36. The van der Waals surface area contributed by atoms with Crippen molar-refractivity contribution in [1.29, 1.82) is 0 Å². The standard InChI is InChI=1S/C11H12S3/c1-3-7-6-14-10-5-11(13-2)9(12)4-8(7)10/h4-6,12H,3H2,1-2H3. The molecular formula is C11H12S3. The molecule has 0 aliphatic carbocycles. The third-order valence-corrected chi connectivity index (χ3v) is 4.63. The molecule has 0 bridgehead atoms. The highest BCUT2D eigenvalue weighted by Crippen LogP contribution is 2.34. The second-order valence-corrected chi connectivity index (χ2v) is 5.38. The van der Waals surface area contributed by atoms with E-state index in [2.05, 4.69) is 43.3 Å². The molecule has 0 fully saturated rings. The fourth-order valence-electron chi connectivity index (χ4n) is 1.53. The molecule has 1 aromatic heterocycles. The Bertz CT molecular complexity index is 457. The van der Waals surface area contributed by atoms with Gasteiger partial charge in [-0.15, -0.1) is 35.7 Å². The SMILES string of the molecule is CCc1csc2cc(SC)c(S)cc12. The van der Waals surface area contributed by atoms with E-state index in [9.17, 15) is 0 Å². The van der Waals surface area contributed by atoms with Gasteiger partial charge in [0, 0.05) is 14.5 Å². The number of aryl methyl sites for hydroxylation is 1. The van der Waals surface area contributed by atoms with Crippen molar-refractivity contribution in [3.63, 3.8) is 0 Å². The predicted molar refractivity (Wildman–Crippen MR) is 70.2 cm³/mol. The van der Waals surface area contributed by atoms with E-state index in [1.165, 1.54) is 20.5 Å². The number of benzene rings is 1. The number of thiol groups is 1. The maximum Gasteiger partial charge on any atom is 0.0357 e. The second-order valence-electron chi connectivity index (χ2n) is 3.13. The van der Waals surface area contributed by atoms with Crippen LogP contribution in [0.5, 0.6) is 0 Å². The Morgan fingerprint density at radius 3 is 2.86 bits per heavy atom. The largest absolute Gasteiger partial charge is 0.143 e.